The molecule has 1 fully saturated rings. The van der Waals surface area contributed by atoms with E-state index in [9.17, 15) is 4.79 Å². The number of hydrogen-bond donors (Lipinski definition) is 1. The van der Waals surface area contributed by atoms with Crippen LogP contribution >= 0.6 is 0 Å². The van der Waals surface area contributed by atoms with E-state index in [1.54, 1.807) is 6.20 Å². The lowest BCUT2D eigenvalue weighted by atomic mass is 9.92. The maximum Gasteiger partial charge on any atom is 0.273 e. The van der Waals surface area contributed by atoms with Gasteiger partial charge in [0, 0.05) is 37.4 Å². The molecule has 1 atom stereocenters. The maximum atomic E-state index is 14.0. The summed E-state index contributed by atoms with van der Waals surface area (Å²) in [5.74, 6) is -0.00550. The second-order valence-corrected chi connectivity index (χ2v) is 8.36. The number of carbonyl (C=O) groups is 1. The quantitative estimate of drug-likeness (QED) is 0.478. The Morgan fingerprint density at radius 1 is 0.848 bits per heavy atom. The predicted octanol–water partition coefficient (Wildman–Crippen LogP) is 5.07. The number of rotatable bonds is 5. The first kappa shape index (κ1) is 21.1. The molecule has 0 saturated carbocycles. The molecule has 1 aliphatic rings. The van der Waals surface area contributed by atoms with Gasteiger partial charge in [-0.05, 0) is 34.7 Å². The van der Waals surface area contributed by atoms with Gasteiger partial charge in [-0.3, -0.25) is 9.78 Å². The van der Waals surface area contributed by atoms with Crippen molar-refractivity contribution in [2.45, 2.75) is 12.5 Å². The maximum absolute atomic E-state index is 14.0. The molecule has 1 aromatic heterocycles. The van der Waals surface area contributed by atoms with Crippen molar-refractivity contribution in [1.29, 1.82) is 0 Å². The summed E-state index contributed by atoms with van der Waals surface area (Å²) in [6, 6.07) is 32.8. The van der Waals surface area contributed by atoms with Crippen LogP contribution in [-0.2, 0) is 6.42 Å². The molecule has 0 unspecified atom stereocenters. The van der Waals surface area contributed by atoms with E-state index >= 15 is 0 Å². The molecule has 4 aromatic rings. The van der Waals surface area contributed by atoms with E-state index in [2.05, 4.69) is 58.8 Å². The minimum atomic E-state index is -0.00550. The molecule has 1 saturated heterocycles. The van der Waals surface area contributed by atoms with E-state index < -0.39 is 0 Å². The van der Waals surface area contributed by atoms with Gasteiger partial charge in [0.05, 0.1) is 0 Å². The Balaban J connectivity index is 1.57. The summed E-state index contributed by atoms with van der Waals surface area (Å²) in [6.45, 7) is 2.23. The first-order valence-corrected chi connectivity index (χ1v) is 11.5. The fraction of sp³-hybridized carbons (Fsp3) is 0.172. The van der Waals surface area contributed by atoms with Gasteiger partial charge < -0.3 is 10.2 Å². The molecule has 1 N–H and O–H groups in total. The Morgan fingerprint density at radius 2 is 1.48 bits per heavy atom. The Hall–Kier alpha value is -3.76. The van der Waals surface area contributed by atoms with Crippen molar-refractivity contribution < 1.29 is 4.79 Å². The van der Waals surface area contributed by atoms with Crippen molar-refractivity contribution >= 4 is 5.91 Å². The van der Waals surface area contributed by atoms with Crippen molar-refractivity contribution in [2.24, 2.45) is 0 Å². The summed E-state index contributed by atoms with van der Waals surface area (Å²) >= 11 is 0. The number of carbonyl (C=O) groups excluding carboxylic acids is 1. The Labute approximate surface area is 194 Å². The van der Waals surface area contributed by atoms with Gasteiger partial charge in [0.15, 0.2) is 0 Å². The lowest BCUT2D eigenvalue weighted by molar-refractivity contribution is 0.0631. The minimum Gasteiger partial charge on any atom is -0.331 e. The second-order valence-electron chi connectivity index (χ2n) is 8.36. The molecule has 0 spiro atoms. The van der Waals surface area contributed by atoms with Crippen molar-refractivity contribution in [3.05, 3.63) is 115 Å². The fourth-order valence-electron chi connectivity index (χ4n) is 4.61. The number of nitrogens with one attached hydrogen (secondary N) is 1. The van der Waals surface area contributed by atoms with E-state index in [-0.39, 0.29) is 11.9 Å². The van der Waals surface area contributed by atoms with Crippen LogP contribution in [0.15, 0.2) is 103 Å². The zero-order chi connectivity index (χ0) is 22.5. The molecule has 2 heterocycles. The van der Waals surface area contributed by atoms with Gasteiger partial charge in [0.2, 0.25) is 0 Å². The van der Waals surface area contributed by atoms with E-state index in [0.717, 1.165) is 41.8 Å². The smallest absolute Gasteiger partial charge is 0.273 e. The molecule has 0 aliphatic carbocycles. The molecular formula is C29H27N3O. The SMILES string of the molecule is O=C(c1nccc(-c2ccccc2)c1-c1ccccc1)N1CCNC[C@H]1Cc1ccccc1. The molecule has 4 nitrogen and oxygen atoms in total. The monoisotopic (exact) mass is 433 g/mol. The molecule has 0 radical (unpaired) electrons. The van der Waals surface area contributed by atoms with E-state index in [0.29, 0.717) is 12.2 Å². The molecule has 5 rings (SSSR count). The van der Waals surface area contributed by atoms with Crippen LogP contribution in [0.4, 0.5) is 0 Å². The minimum absolute atomic E-state index is 0.00550. The first-order valence-electron chi connectivity index (χ1n) is 11.5. The van der Waals surface area contributed by atoms with Crippen LogP contribution in [0.25, 0.3) is 22.3 Å². The van der Waals surface area contributed by atoms with Crippen LogP contribution in [0.2, 0.25) is 0 Å². The van der Waals surface area contributed by atoms with Crippen LogP contribution in [0.5, 0.6) is 0 Å². The van der Waals surface area contributed by atoms with Crippen LogP contribution in [0.1, 0.15) is 16.1 Å². The van der Waals surface area contributed by atoms with Gasteiger partial charge in [-0.1, -0.05) is 91.0 Å². The number of nitrogens with zero attached hydrogens (tertiary/aromatic N) is 2. The molecule has 1 aliphatic heterocycles. The van der Waals surface area contributed by atoms with Gasteiger partial charge in [0.1, 0.15) is 5.69 Å². The summed E-state index contributed by atoms with van der Waals surface area (Å²) in [5, 5.41) is 3.46. The van der Waals surface area contributed by atoms with Gasteiger partial charge in [-0.15, -0.1) is 0 Å². The van der Waals surface area contributed by atoms with Crippen molar-refractivity contribution in [1.82, 2.24) is 15.2 Å². The number of aromatic nitrogens is 1. The van der Waals surface area contributed by atoms with Crippen molar-refractivity contribution in [2.75, 3.05) is 19.6 Å². The molecule has 4 heteroatoms. The van der Waals surface area contributed by atoms with Crippen LogP contribution in [0.3, 0.4) is 0 Å². The van der Waals surface area contributed by atoms with Gasteiger partial charge in [0.25, 0.3) is 5.91 Å². The standard InChI is InChI=1S/C29H27N3O/c33-29(32-19-18-30-21-25(32)20-22-10-4-1-5-11-22)28-27(24-14-8-3-9-15-24)26(16-17-31-28)23-12-6-2-7-13-23/h1-17,25,30H,18-21H2/t25-/m1/s1. The fourth-order valence-corrected chi connectivity index (χ4v) is 4.61. The lowest BCUT2D eigenvalue weighted by Gasteiger charge is -2.36. The second kappa shape index (κ2) is 9.80. The zero-order valence-corrected chi connectivity index (χ0v) is 18.5. The van der Waals surface area contributed by atoms with E-state index in [1.807, 2.05) is 53.4 Å². The number of piperazine rings is 1. The topological polar surface area (TPSA) is 45.2 Å². The van der Waals surface area contributed by atoms with Crippen molar-refractivity contribution in [3.8, 4) is 22.3 Å². The first-order chi connectivity index (χ1) is 16.3. The molecule has 1 amide bonds. The third-order valence-electron chi connectivity index (χ3n) is 6.23. The Morgan fingerprint density at radius 3 is 2.18 bits per heavy atom. The van der Waals surface area contributed by atoms with Crippen molar-refractivity contribution in [3.63, 3.8) is 0 Å². The van der Waals surface area contributed by atoms with E-state index in [4.69, 9.17) is 0 Å². The van der Waals surface area contributed by atoms with Gasteiger partial charge >= 0.3 is 0 Å². The molecule has 164 valence electrons. The summed E-state index contributed by atoms with van der Waals surface area (Å²) in [5.41, 5.74) is 5.75. The predicted molar refractivity (Wildman–Crippen MR) is 133 cm³/mol. The molecule has 33 heavy (non-hydrogen) atoms. The highest BCUT2D eigenvalue weighted by Gasteiger charge is 2.30. The average molecular weight is 434 g/mol. The van der Waals surface area contributed by atoms with Crippen LogP contribution in [0, 0.1) is 0 Å². The normalized spacial score (nSPS) is 15.9. The highest BCUT2D eigenvalue weighted by Crippen LogP contribution is 2.35. The molecular weight excluding hydrogens is 406 g/mol. The average Bonchev–Trinajstić information content (AvgIpc) is 2.90. The molecule has 3 aromatic carbocycles. The summed E-state index contributed by atoms with van der Waals surface area (Å²) in [4.78, 5) is 20.7. The summed E-state index contributed by atoms with van der Waals surface area (Å²) in [7, 11) is 0. The van der Waals surface area contributed by atoms with E-state index in [1.165, 1.54) is 5.56 Å². The van der Waals surface area contributed by atoms with Gasteiger partial charge in [-0.2, -0.15) is 0 Å². The van der Waals surface area contributed by atoms with Gasteiger partial charge in [-0.25, -0.2) is 0 Å². The summed E-state index contributed by atoms with van der Waals surface area (Å²) in [6.07, 6.45) is 2.58. The lowest BCUT2D eigenvalue weighted by Crippen LogP contribution is -2.54. The number of hydrogen-bond acceptors (Lipinski definition) is 3. The molecule has 0 bridgehead atoms. The highest BCUT2D eigenvalue weighted by atomic mass is 16.2. The number of benzene rings is 3. The largest absolute Gasteiger partial charge is 0.331 e. The zero-order valence-electron chi connectivity index (χ0n) is 18.5. The van der Waals surface area contributed by atoms with Crippen LogP contribution in [-0.4, -0.2) is 41.5 Å². The number of pyridine rings is 1. The highest BCUT2D eigenvalue weighted by molar-refractivity contribution is 6.03. The Bertz CT molecular complexity index is 1210. The third-order valence-corrected chi connectivity index (χ3v) is 6.23. The Kier molecular flexibility index (Phi) is 6.27. The summed E-state index contributed by atoms with van der Waals surface area (Å²) < 4.78 is 0. The number of amides is 1. The van der Waals surface area contributed by atoms with Crippen LogP contribution < -0.4 is 5.32 Å². The third kappa shape index (κ3) is 4.57.